The van der Waals surface area contributed by atoms with E-state index >= 15 is 0 Å². The van der Waals surface area contributed by atoms with Crippen LogP contribution in [-0.4, -0.2) is 18.0 Å². The summed E-state index contributed by atoms with van der Waals surface area (Å²) in [6.45, 7) is 0. The highest BCUT2D eigenvalue weighted by molar-refractivity contribution is 6.01. The monoisotopic (exact) mass is 412 g/mol. The topological polar surface area (TPSA) is 70.6 Å². The zero-order valence-corrected chi connectivity index (χ0v) is 17.3. The van der Waals surface area contributed by atoms with Crippen LogP contribution in [0, 0.1) is 0 Å². The second-order valence-corrected chi connectivity index (χ2v) is 8.01. The lowest BCUT2D eigenvalue weighted by atomic mass is 9.78. The average molecular weight is 412 g/mol. The zero-order valence-electron chi connectivity index (χ0n) is 17.3. The van der Waals surface area contributed by atoms with Crippen molar-refractivity contribution >= 4 is 17.2 Å². The van der Waals surface area contributed by atoms with Gasteiger partial charge in [-0.1, -0.05) is 48.5 Å². The predicted octanol–water partition coefficient (Wildman–Crippen LogP) is 5.38. The molecule has 0 aromatic heterocycles. The Kier molecular flexibility index (Phi) is 4.86. The number of rotatable bonds is 3. The van der Waals surface area contributed by atoms with Gasteiger partial charge in [-0.05, 0) is 47.7 Å². The fraction of sp³-hybridized carbons (Fsp3) is 0.192. The number of methoxy groups -OCH3 is 1. The summed E-state index contributed by atoms with van der Waals surface area (Å²) >= 11 is 0. The van der Waals surface area contributed by atoms with E-state index in [0.717, 1.165) is 34.6 Å². The van der Waals surface area contributed by atoms with Crippen molar-refractivity contribution in [2.45, 2.75) is 24.8 Å². The molecule has 2 aliphatic rings. The van der Waals surface area contributed by atoms with E-state index in [9.17, 15) is 9.90 Å². The number of phenols is 1. The highest BCUT2D eigenvalue weighted by Crippen LogP contribution is 2.45. The lowest BCUT2D eigenvalue weighted by Gasteiger charge is -2.30. The first kappa shape index (κ1) is 19.2. The van der Waals surface area contributed by atoms with E-state index in [0.29, 0.717) is 12.2 Å². The fourth-order valence-electron chi connectivity index (χ4n) is 4.58. The number of ether oxygens (including phenoxy) is 1. The molecule has 2 atom stereocenters. The number of hydrogen-bond donors (Lipinski definition) is 3. The quantitative estimate of drug-likeness (QED) is 0.539. The van der Waals surface area contributed by atoms with Gasteiger partial charge in [0.25, 0.3) is 0 Å². The predicted molar refractivity (Wildman–Crippen MR) is 122 cm³/mol. The van der Waals surface area contributed by atoms with Crippen LogP contribution in [0.5, 0.6) is 11.5 Å². The molecule has 1 aliphatic heterocycles. The Labute approximate surface area is 181 Å². The summed E-state index contributed by atoms with van der Waals surface area (Å²) in [5.74, 6) is 0.726. The Morgan fingerprint density at radius 3 is 2.42 bits per heavy atom. The van der Waals surface area contributed by atoms with E-state index in [1.807, 2.05) is 48.5 Å². The fourth-order valence-corrected chi connectivity index (χ4v) is 4.58. The molecule has 156 valence electrons. The lowest BCUT2D eigenvalue weighted by molar-refractivity contribution is -0.116. The van der Waals surface area contributed by atoms with Crippen LogP contribution in [-0.2, 0) is 4.79 Å². The standard InChI is InChI=1S/C26H24N2O3/c1-31-24-15-17(11-12-22(24)29)26-25-21(27-19-9-5-6-10-20(19)28-26)13-18(14-23(25)30)16-7-3-2-4-8-16/h2-12,15,18,26-29H,13-14H2,1H3/t18-,26-/m0/s1. The van der Waals surface area contributed by atoms with E-state index in [1.165, 1.54) is 12.7 Å². The van der Waals surface area contributed by atoms with Crippen LogP contribution in [0.1, 0.15) is 35.9 Å². The van der Waals surface area contributed by atoms with Crippen LogP contribution in [0.15, 0.2) is 84.1 Å². The van der Waals surface area contributed by atoms with Gasteiger partial charge in [-0.2, -0.15) is 0 Å². The normalized spacial score (nSPS) is 20.1. The number of anilines is 2. The molecular weight excluding hydrogens is 388 g/mol. The minimum absolute atomic E-state index is 0.0757. The van der Waals surface area contributed by atoms with Crippen molar-refractivity contribution in [3.8, 4) is 11.5 Å². The SMILES string of the molecule is COc1cc([C@@H]2Nc3ccccc3NC3=C2C(=O)C[C@@H](c2ccccc2)C3)ccc1O. The summed E-state index contributed by atoms with van der Waals surface area (Å²) in [6, 6.07) is 23.1. The van der Waals surface area contributed by atoms with Crippen molar-refractivity contribution in [3.63, 3.8) is 0 Å². The minimum Gasteiger partial charge on any atom is -0.504 e. The van der Waals surface area contributed by atoms with Gasteiger partial charge in [0.2, 0.25) is 0 Å². The second kappa shape index (κ2) is 7.84. The van der Waals surface area contributed by atoms with Crippen LogP contribution in [0.25, 0.3) is 0 Å². The molecule has 0 amide bonds. The maximum absolute atomic E-state index is 13.5. The average Bonchev–Trinajstić information content (AvgIpc) is 2.97. The first-order chi connectivity index (χ1) is 15.1. The Morgan fingerprint density at radius 1 is 0.903 bits per heavy atom. The van der Waals surface area contributed by atoms with Gasteiger partial charge in [0.05, 0.1) is 24.5 Å². The van der Waals surface area contributed by atoms with Crippen LogP contribution >= 0.6 is 0 Å². The Hall–Kier alpha value is -3.73. The highest BCUT2D eigenvalue weighted by Gasteiger charge is 2.36. The van der Waals surface area contributed by atoms with Crippen LogP contribution < -0.4 is 15.4 Å². The molecule has 0 bridgehead atoms. The van der Waals surface area contributed by atoms with Gasteiger partial charge in [0.1, 0.15) is 0 Å². The van der Waals surface area contributed by atoms with Gasteiger partial charge < -0.3 is 20.5 Å². The van der Waals surface area contributed by atoms with E-state index in [4.69, 9.17) is 4.74 Å². The third-order valence-corrected chi connectivity index (χ3v) is 6.12. The summed E-state index contributed by atoms with van der Waals surface area (Å²) in [5.41, 5.74) is 5.61. The second-order valence-electron chi connectivity index (χ2n) is 8.01. The van der Waals surface area contributed by atoms with Gasteiger partial charge in [-0.25, -0.2) is 0 Å². The largest absolute Gasteiger partial charge is 0.504 e. The molecule has 5 rings (SSSR count). The summed E-state index contributed by atoms with van der Waals surface area (Å²) < 4.78 is 5.32. The van der Waals surface area contributed by atoms with Crippen molar-refractivity contribution in [1.29, 1.82) is 0 Å². The smallest absolute Gasteiger partial charge is 0.163 e. The van der Waals surface area contributed by atoms with Gasteiger partial charge in [0.15, 0.2) is 17.3 Å². The van der Waals surface area contributed by atoms with Gasteiger partial charge in [0, 0.05) is 17.7 Å². The Balaban J connectivity index is 1.63. The van der Waals surface area contributed by atoms with Gasteiger partial charge in [-0.15, -0.1) is 0 Å². The number of fused-ring (bicyclic) bond motifs is 1. The van der Waals surface area contributed by atoms with Crippen molar-refractivity contribution in [1.82, 2.24) is 0 Å². The van der Waals surface area contributed by atoms with Crippen LogP contribution in [0.3, 0.4) is 0 Å². The van der Waals surface area contributed by atoms with Crippen molar-refractivity contribution in [2.24, 2.45) is 0 Å². The van der Waals surface area contributed by atoms with Crippen LogP contribution in [0.4, 0.5) is 11.4 Å². The number of Topliss-reactive ketones (excluding diaryl/α,β-unsaturated/α-hetero) is 1. The van der Waals surface area contributed by atoms with E-state index in [1.54, 1.807) is 12.1 Å². The molecule has 31 heavy (non-hydrogen) atoms. The number of allylic oxidation sites excluding steroid dienone is 1. The molecule has 0 fully saturated rings. The molecule has 1 aliphatic carbocycles. The molecule has 1 heterocycles. The number of nitrogens with one attached hydrogen (secondary N) is 2. The third kappa shape index (κ3) is 3.52. The van der Waals surface area contributed by atoms with Crippen LogP contribution in [0.2, 0.25) is 0 Å². The van der Waals surface area contributed by atoms with Gasteiger partial charge in [-0.3, -0.25) is 4.79 Å². The Bertz CT molecular complexity index is 1170. The minimum atomic E-state index is -0.343. The number of ketones is 1. The molecule has 0 unspecified atom stereocenters. The molecule has 3 aromatic carbocycles. The van der Waals surface area contributed by atoms with E-state index in [2.05, 4.69) is 22.8 Å². The number of aromatic hydroxyl groups is 1. The number of benzene rings is 3. The summed E-state index contributed by atoms with van der Waals surface area (Å²) in [5, 5.41) is 17.2. The molecular formula is C26H24N2O3. The first-order valence-electron chi connectivity index (χ1n) is 10.4. The maximum Gasteiger partial charge on any atom is 0.163 e. The molecule has 0 saturated heterocycles. The summed E-state index contributed by atoms with van der Waals surface area (Å²) in [4.78, 5) is 13.5. The molecule has 5 nitrogen and oxygen atoms in total. The van der Waals surface area contributed by atoms with Crippen molar-refractivity contribution in [2.75, 3.05) is 17.7 Å². The number of carbonyl (C=O) groups is 1. The highest BCUT2D eigenvalue weighted by atomic mass is 16.5. The summed E-state index contributed by atoms with van der Waals surface area (Å²) in [7, 11) is 1.52. The van der Waals surface area contributed by atoms with E-state index in [-0.39, 0.29) is 23.5 Å². The number of hydrogen-bond acceptors (Lipinski definition) is 5. The van der Waals surface area contributed by atoms with Crippen molar-refractivity contribution < 1.29 is 14.6 Å². The lowest BCUT2D eigenvalue weighted by Crippen LogP contribution is -2.26. The molecule has 3 N–H and O–H groups in total. The van der Waals surface area contributed by atoms with Crippen molar-refractivity contribution in [3.05, 3.63) is 95.2 Å². The number of carbonyl (C=O) groups excluding carboxylic acids is 1. The number of phenolic OH excluding ortho intramolecular Hbond substituents is 1. The molecule has 5 heteroatoms. The third-order valence-electron chi connectivity index (χ3n) is 6.12. The van der Waals surface area contributed by atoms with Gasteiger partial charge >= 0.3 is 0 Å². The first-order valence-corrected chi connectivity index (χ1v) is 10.4. The summed E-state index contributed by atoms with van der Waals surface area (Å²) in [6.07, 6.45) is 1.22. The maximum atomic E-state index is 13.5. The number of para-hydroxylation sites is 2. The molecule has 0 radical (unpaired) electrons. The molecule has 3 aromatic rings. The molecule has 0 saturated carbocycles. The Morgan fingerprint density at radius 2 is 1.65 bits per heavy atom. The molecule has 0 spiro atoms. The van der Waals surface area contributed by atoms with E-state index < -0.39 is 0 Å². The zero-order chi connectivity index (χ0) is 21.4.